The SMILES string of the molecule is CCS(=O)(=O)N1CCC[C@H](C(=O)N[C@H](C)c2ccccc2)C1. The Bertz CT molecular complexity index is 601. The molecule has 1 aromatic carbocycles. The summed E-state index contributed by atoms with van der Waals surface area (Å²) in [5.41, 5.74) is 1.05. The predicted octanol–water partition coefficient (Wildman–Crippen LogP) is 1.93. The summed E-state index contributed by atoms with van der Waals surface area (Å²) in [6.45, 7) is 4.39. The second kappa shape index (κ2) is 7.24. The Morgan fingerprint density at radius 2 is 2.05 bits per heavy atom. The molecule has 0 bridgehead atoms. The molecule has 1 heterocycles. The average molecular weight is 324 g/mol. The van der Waals surface area contributed by atoms with Gasteiger partial charge in [-0.1, -0.05) is 30.3 Å². The van der Waals surface area contributed by atoms with Crippen molar-refractivity contribution in [2.75, 3.05) is 18.8 Å². The minimum absolute atomic E-state index is 0.0626. The van der Waals surface area contributed by atoms with Crippen LogP contribution >= 0.6 is 0 Å². The number of hydrogen-bond acceptors (Lipinski definition) is 3. The largest absolute Gasteiger partial charge is 0.349 e. The number of carbonyl (C=O) groups excluding carboxylic acids is 1. The molecule has 0 unspecified atom stereocenters. The van der Waals surface area contributed by atoms with Gasteiger partial charge < -0.3 is 5.32 Å². The molecule has 1 N–H and O–H groups in total. The lowest BCUT2D eigenvalue weighted by atomic mass is 9.98. The molecule has 0 aromatic heterocycles. The molecule has 1 amide bonds. The number of piperidine rings is 1. The Morgan fingerprint density at radius 1 is 1.36 bits per heavy atom. The Morgan fingerprint density at radius 3 is 2.68 bits per heavy atom. The highest BCUT2D eigenvalue weighted by atomic mass is 32.2. The van der Waals surface area contributed by atoms with Crippen LogP contribution in [0.2, 0.25) is 0 Å². The van der Waals surface area contributed by atoms with Gasteiger partial charge >= 0.3 is 0 Å². The third-order valence-corrected chi connectivity index (χ3v) is 6.02. The van der Waals surface area contributed by atoms with Crippen LogP contribution in [0.4, 0.5) is 0 Å². The molecule has 122 valence electrons. The van der Waals surface area contributed by atoms with E-state index in [1.165, 1.54) is 4.31 Å². The molecule has 1 fully saturated rings. The number of nitrogens with zero attached hydrogens (tertiary/aromatic N) is 1. The molecular weight excluding hydrogens is 300 g/mol. The van der Waals surface area contributed by atoms with Gasteiger partial charge in [-0.25, -0.2) is 12.7 Å². The first kappa shape index (κ1) is 17.0. The third-order valence-electron chi connectivity index (χ3n) is 4.17. The molecular formula is C16H24N2O3S. The van der Waals surface area contributed by atoms with Gasteiger partial charge in [0.1, 0.15) is 0 Å². The van der Waals surface area contributed by atoms with E-state index in [-0.39, 0.29) is 23.6 Å². The van der Waals surface area contributed by atoms with Crippen LogP contribution in [0.1, 0.15) is 38.3 Å². The van der Waals surface area contributed by atoms with E-state index in [0.717, 1.165) is 18.4 Å². The summed E-state index contributed by atoms with van der Waals surface area (Å²) in [5.74, 6) is -0.240. The number of amides is 1. The fraction of sp³-hybridized carbons (Fsp3) is 0.562. The Kier molecular flexibility index (Phi) is 5.58. The smallest absolute Gasteiger partial charge is 0.224 e. The standard InChI is InChI=1S/C16H24N2O3S/c1-3-22(20,21)18-11-7-10-15(12-18)16(19)17-13(2)14-8-5-4-6-9-14/h4-6,8-9,13,15H,3,7,10-12H2,1-2H3,(H,17,19)/t13-,15+/m1/s1. The van der Waals surface area contributed by atoms with E-state index in [9.17, 15) is 13.2 Å². The van der Waals surface area contributed by atoms with Crippen molar-refractivity contribution in [3.05, 3.63) is 35.9 Å². The van der Waals surface area contributed by atoms with E-state index in [2.05, 4.69) is 5.32 Å². The number of sulfonamides is 1. The minimum atomic E-state index is -3.21. The molecule has 5 nitrogen and oxygen atoms in total. The van der Waals surface area contributed by atoms with Crippen LogP contribution in [0.5, 0.6) is 0 Å². The number of carbonyl (C=O) groups is 1. The minimum Gasteiger partial charge on any atom is -0.349 e. The van der Waals surface area contributed by atoms with Crippen LogP contribution in [0, 0.1) is 5.92 Å². The number of hydrogen-bond donors (Lipinski definition) is 1. The van der Waals surface area contributed by atoms with E-state index in [1.54, 1.807) is 6.92 Å². The summed E-state index contributed by atoms with van der Waals surface area (Å²) < 4.78 is 25.4. The van der Waals surface area contributed by atoms with E-state index >= 15 is 0 Å². The van der Waals surface area contributed by atoms with E-state index in [4.69, 9.17) is 0 Å². The van der Waals surface area contributed by atoms with Crippen LogP contribution in [-0.2, 0) is 14.8 Å². The summed E-state index contributed by atoms with van der Waals surface area (Å²) in [4.78, 5) is 12.4. The average Bonchev–Trinajstić information content (AvgIpc) is 2.55. The molecule has 2 atom stereocenters. The molecule has 0 spiro atoms. The molecule has 22 heavy (non-hydrogen) atoms. The number of rotatable bonds is 5. The highest BCUT2D eigenvalue weighted by Crippen LogP contribution is 2.21. The van der Waals surface area contributed by atoms with E-state index in [0.29, 0.717) is 13.1 Å². The van der Waals surface area contributed by atoms with Crippen LogP contribution in [-0.4, -0.2) is 37.5 Å². The summed E-state index contributed by atoms with van der Waals surface area (Å²) in [5, 5.41) is 3.00. The van der Waals surface area contributed by atoms with Gasteiger partial charge in [-0.15, -0.1) is 0 Å². The van der Waals surface area contributed by atoms with Crippen molar-refractivity contribution < 1.29 is 13.2 Å². The van der Waals surface area contributed by atoms with Gasteiger partial charge in [0.15, 0.2) is 0 Å². The van der Waals surface area contributed by atoms with E-state index < -0.39 is 10.0 Å². The number of benzene rings is 1. The zero-order chi connectivity index (χ0) is 16.2. The first-order valence-electron chi connectivity index (χ1n) is 7.77. The quantitative estimate of drug-likeness (QED) is 0.900. The molecule has 1 saturated heterocycles. The van der Waals surface area contributed by atoms with Crippen LogP contribution in [0.3, 0.4) is 0 Å². The second-order valence-electron chi connectivity index (χ2n) is 5.74. The zero-order valence-corrected chi connectivity index (χ0v) is 14.0. The van der Waals surface area contributed by atoms with Crippen molar-refractivity contribution in [2.45, 2.75) is 32.7 Å². The fourth-order valence-electron chi connectivity index (χ4n) is 2.75. The van der Waals surface area contributed by atoms with Gasteiger partial charge in [-0.3, -0.25) is 4.79 Å². The van der Waals surface area contributed by atoms with Gasteiger partial charge in [-0.05, 0) is 32.3 Å². The maximum absolute atomic E-state index is 12.4. The van der Waals surface area contributed by atoms with Gasteiger partial charge in [0, 0.05) is 13.1 Å². The molecule has 0 radical (unpaired) electrons. The first-order chi connectivity index (χ1) is 10.4. The lowest BCUT2D eigenvalue weighted by Gasteiger charge is -2.31. The normalized spacial score (nSPS) is 21.3. The maximum atomic E-state index is 12.4. The summed E-state index contributed by atoms with van der Waals surface area (Å²) in [7, 11) is -3.21. The highest BCUT2D eigenvalue weighted by Gasteiger charge is 2.31. The Balaban J connectivity index is 1.98. The number of nitrogens with one attached hydrogen (secondary N) is 1. The van der Waals surface area contributed by atoms with Gasteiger partial charge in [0.25, 0.3) is 0 Å². The second-order valence-corrected chi connectivity index (χ2v) is 8.00. The van der Waals surface area contributed by atoms with Gasteiger partial charge in [0.05, 0.1) is 17.7 Å². The Labute approximate surface area is 132 Å². The third kappa shape index (κ3) is 4.08. The van der Waals surface area contributed by atoms with Crippen molar-refractivity contribution in [1.82, 2.24) is 9.62 Å². The lowest BCUT2D eigenvalue weighted by molar-refractivity contribution is -0.126. The molecule has 2 rings (SSSR count). The molecule has 1 aliphatic rings. The fourth-order valence-corrected chi connectivity index (χ4v) is 3.93. The van der Waals surface area contributed by atoms with Gasteiger partial charge in [-0.2, -0.15) is 0 Å². The van der Waals surface area contributed by atoms with Crippen molar-refractivity contribution in [2.24, 2.45) is 5.92 Å². The molecule has 6 heteroatoms. The molecule has 1 aromatic rings. The highest BCUT2D eigenvalue weighted by molar-refractivity contribution is 7.89. The van der Waals surface area contributed by atoms with Gasteiger partial charge in [0.2, 0.25) is 15.9 Å². The van der Waals surface area contributed by atoms with Crippen molar-refractivity contribution in [1.29, 1.82) is 0 Å². The predicted molar refractivity (Wildman–Crippen MR) is 86.8 cm³/mol. The van der Waals surface area contributed by atoms with E-state index in [1.807, 2.05) is 37.3 Å². The monoisotopic (exact) mass is 324 g/mol. The maximum Gasteiger partial charge on any atom is 0.224 e. The summed E-state index contributed by atoms with van der Waals surface area (Å²) >= 11 is 0. The van der Waals surface area contributed by atoms with Crippen molar-refractivity contribution in [3.63, 3.8) is 0 Å². The lowest BCUT2D eigenvalue weighted by Crippen LogP contribution is -2.46. The van der Waals surface area contributed by atoms with Crippen molar-refractivity contribution in [3.8, 4) is 0 Å². The van der Waals surface area contributed by atoms with Crippen molar-refractivity contribution >= 4 is 15.9 Å². The zero-order valence-electron chi connectivity index (χ0n) is 13.2. The topological polar surface area (TPSA) is 66.5 Å². The molecule has 0 saturated carbocycles. The van der Waals surface area contributed by atoms with Crippen LogP contribution < -0.4 is 5.32 Å². The molecule has 1 aliphatic heterocycles. The summed E-state index contributed by atoms with van der Waals surface area (Å²) in [6.07, 6.45) is 1.47. The summed E-state index contributed by atoms with van der Waals surface area (Å²) in [6, 6.07) is 9.68. The first-order valence-corrected chi connectivity index (χ1v) is 9.38. The molecule has 0 aliphatic carbocycles. The Hall–Kier alpha value is -1.40. The van der Waals surface area contributed by atoms with Crippen LogP contribution in [0.15, 0.2) is 30.3 Å². The van der Waals surface area contributed by atoms with Crippen LogP contribution in [0.25, 0.3) is 0 Å².